The summed E-state index contributed by atoms with van der Waals surface area (Å²) in [4.78, 5) is 26.0. The molecule has 1 N–H and O–H groups in total. The molecule has 0 unspecified atom stereocenters. The van der Waals surface area contributed by atoms with Crippen molar-refractivity contribution in [2.75, 3.05) is 11.5 Å². The molecule has 1 aromatic rings. The van der Waals surface area contributed by atoms with Crippen molar-refractivity contribution in [3.8, 4) is 0 Å². The van der Waals surface area contributed by atoms with Crippen LogP contribution in [0.3, 0.4) is 0 Å². The monoisotopic (exact) mass is 340 g/mol. The number of carbonyl (C=O) groups excluding carboxylic acids is 2. The lowest BCUT2D eigenvalue weighted by Crippen LogP contribution is -2.48. The third-order valence-corrected chi connectivity index (χ3v) is 6.10. The van der Waals surface area contributed by atoms with Crippen molar-refractivity contribution in [2.45, 2.75) is 44.8 Å². The van der Waals surface area contributed by atoms with Crippen LogP contribution in [-0.4, -0.2) is 48.7 Å². The molecule has 2 fully saturated rings. The van der Waals surface area contributed by atoms with Gasteiger partial charge in [-0.25, -0.2) is 8.42 Å². The minimum atomic E-state index is -3.04. The Labute approximate surface area is 134 Å². The standard InChI is InChI=1S/C15H20N2O5S/c1-10-2-3-12(22-10)8-17-13(4-5-14(17)18)15(19)16-11-6-7-23(20,21)9-11/h2-3,11,13H,4-9H2,1H3,(H,16,19)/t11-,13+/m1/s1. The van der Waals surface area contributed by atoms with E-state index in [1.807, 2.05) is 13.0 Å². The summed E-state index contributed by atoms with van der Waals surface area (Å²) < 4.78 is 28.4. The van der Waals surface area contributed by atoms with Crippen molar-refractivity contribution in [3.63, 3.8) is 0 Å². The van der Waals surface area contributed by atoms with E-state index in [9.17, 15) is 18.0 Å². The molecule has 2 aliphatic heterocycles. The Kier molecular flexibility index (Phi) is 4.18. The predicted molar refractivity (Wildman–Crippen MR) is 82.2 cm³/mol. The zero-order valence-corrected chi connectivity index (χ0v) is 13.8. The molecule has 2 atom stereocenters. The largest absolute Gasteiger partial charge is 0.464 e. The summed E-state index contributed by atoms with van der Waals surface area (Å²) >= 11 is 0. The van der Waals surface area contributed by atoms with Crippen LogP contribution < -0.4 is 5.32 Å². The summed E-state index contributed by atoms with van der Waals surface area (Å²) in [6.45, 7) is 2.08. The Morgan fingerprint density at radius 3 is 2.78 bits per heavy atom. The number of nitrogens with one attached hydrogen (secondary N) is 1. The highest BCUT2D eigenvalue weighted by Crippen LogP contribution is 2.23. The van der Waals surface area contributed by atoms with E-state index in [2.05, 4.69) is 5.32 Å². The lowest BCUT2D eigenvalue weighted by atomic mass is 10.1. The van der Waals surface area contributed by atoms with Gasteiger partial charge in [-0.05, 0) is 31.9 Å². The number of amides is 2. The average molecular weight is 340 g/mol. The van der Waals surface area contributed by atoms with E-state index in [1.165, 1.54) is 4.90 Å². The third kappa shape index (κ3) is 3.57. The van der Waals surface area contributed by atoms with Gasteiger partial charge in [0.05, 0.1) is 18.1 Å². The molecule has 2 saturated heterocycles. The number of hydrogen-bond acceptors (Lipinski definition) is 5. The second kappa shape index (κ2) is 5.99. The number of sulfone groups is 1. The maximum atomic E-state index is 12.4. The number of carbonyl (C=O) groups is 2. The van der Waals surface area contributed by atoms with Crippen LogP contribution in [0.2, 0.25) is 0 Å². The number of aryl methyl sites for hydroxylation is 1. The molecule has 1 aromatic heterocycles. The summed E-state index contributed by atoms with van der Waals surface area (Å²) in [5.41, 5.74) is 0. The van der Waals surface area contributed by atoms with E-state index in [0.29, 0.717) is 25.0 Å². The fourth-order valence-corrected chi connectivity index (χ4v) is 4.82. The molecular formula is C15H20N2O5S. The van der Waals surface area contributed by atoms with Crippen LogP contribution in [0.5, 0.6) is 0 Å². The van der Waals surface area contributed by atoms with Gasteiger partial charge in [0.15, 0.2) is 9.84 Å². The van der Waals surface area contributed by atoms with Crippen LogP contribution in [0.1, 0.15) is 30.8 Å². The van der Waals surface area contributed by atoms with Gasteiger partial charge >= 0.3 is 0 Å². The Morgan fingerprint density at radius 1 is 1.39 bits per heavy atom. The van der Waals surface area contributed by atoms with Crippen LogP contribution in [0.25, 0.3) is 0 Å². The smallest absolute Gasteiger partial charge is 0.243 e. The van der Waals surface area contributed by atoms with Crippen LogP contribution in [-0.2, 0) is 26.0 Å². The van der Waals surface area contributed by atoms with E-state index in [-0.39, 0.29) is 35.9 Å². The molecule has 3 heterocycles. The molecule has 2 aliphatic rings. The number of hydrogen-bond donors (Lipinski definition) is 1. The second-order valence-corrected chi connectivity index (χ2v) is 8.43. The van der Waals surface area contributed by atoms with Crippen LogP contribution in [0.15, 0.2) is 16.5 Å². The topological polar surface area (TPSA) is 96.7 Å². The van der Waals surface area contributed by atoms with Gasteiger partial charge in [-0.15, -0.1) is 0 Å². The number of nitrogens with zero attached hydrogens (tertiary/aromatic N) is 1. The molecule has 0 radical (unpaired) electrons. The van der Waals surface area contributed by atoms with Gasteiger partial charge in [-0.2, -0.15) is 0 Å². The Morgan fingerprint density at radius 2 is 2.17 bits per heavy atom. The van der Waals surface area contributed by atoms with Crippen molar-refractivity contribution in [1.82, 2.24) is 10.2 Å². The van der Waals surface area contributed by atoms with Gasteiger partial charge in [-0.3, -0.25) is 9.59 Å². The molecule has 8 heteroatoms. The maximum Gasteiger partial charge on any atom is 0.243 e. The van der Waals surface area contributed by atoms with Crippen molar-refractivity contribution in [1.29, 1.82) is 0 Å². The fourth-order valence-electron chi connectivity index (χ4n) is 3.15. The lowest BCUT2D eigenvalue weighted by molar-refractivity contribution is -0.136. The Hall–Kier alpha value is -1.83. The average Bonchev–Trinajstić information content (AvgIpc) is 3.12. The molecule has 0 saturated carbocycles. The van der Waals surface area contributed by atoms with Gasteiger partial charge in [-0.1, -0.05) is 0 Å². The molecule has 0 aromatic carbocycles. The quantitative estimate of drug-likeness (QED) is 0.855. The predicted octanol–water partition coefficient (Wildman–Crippen LogP) is 0.382. The third-order valence-electron chi connectivity index (χ3n) is 4.33. The van der Waals surface area contributed by atoms with Crippen molar-refractivity contribution >= 4 is 21.7 Å². The van der Waals surface area contributed by atoms with E-state index in [1.54, 1.807) is 6.07 Å². The van der Waals surface area contributed by atoms with Crippen LogP contribution in [0, 0.1) is 6.92 Å². The number of likely N-dealkylation sites (tertiary alicyclic amines) is 1. The van der Waals surface area contributed by atoms with Crippen LogP contribution in [0.4, 0.5) is 0 Å². The minimum absolute atomic E-state index is 0.0171. The molecule has 3 rings (SSSR count). The first-order valence-corrected chi connectivity index (χ1v) is 9.52. The van der Waals surface area contributed by atoms with E-state index >= 15 is 0 Å². The highest BCUT2D eigenvalue weighted by Gasteiger charge is 2.38. The second-order valence-electron chi connectivity index (χ2n) is 6.20. The summed E-state index contributed by atoms with van der Waals surface area (Å²) in [7, 11) is -3.04. The summed E-state index contributed by atoms with van der Waals surface area (Å²) in [6.07, 6.45) is 1.21. The van der Waals surface area contributed by atoms with E-state index in [0.717, 1.165) is 5.76 Å². The molecular weight excluding hydrogens is 320 g/mol. The van der Waals surface area contributed by atoms with Gasteiger partial charge < -0.3 is 14.6 Å². The van der Waals surface area contributed by atoms with Gasteiger partial charge in [0, 0.05) is 12.5 Å². The molecule has 0 spiro atoms. The molecule has 0 bridgehead atoms. The lowest BCUT2D eigenvalue weighted by Gasteiger charge is -2.24. The molecule has 7 nitrogen and oxygen atoms in total. The van der Waals surface area contributed by atoms with Crippen molar-refractivity contribution in [2.24, 2.45) is 0 Å². The first-order chi connectivity index (χ1) is 10.8. The normalized spacial score (nSPS) is 26.7. The van der Waals surface area contributed by atoms with E-state index < -0.39 is 15.9 Å². The zero-order chi connectivity index (χ0) is 16.6. The summed E-state index contributed by atoms with van der Waals surface area (Å²) in [5, 5.41) is 2.78. The van der Waals surface area contributed by atoms with Gasteiger partial charge in [0.1, 0.15) is 17.6 Å². The fraction of sp³-hybridized carbons (Fsp3) is 0.600. The highest BCUT2D eigenvalue weighted by molar-refractivity contribution is 7.91. The van der Waals surface area contributed by atoms with Crippen molar-refractivity contribution < 1.29 is 22.4 Å². The minimum Gasteiger partial charge on any atom is -0.464 e. The molecule has 23 heavy (non-hydrogen) atoms. The SMILES string of the molecule is Cc1ccc(CN2C(=O)CC[C@H]2C(=O)N[C@@H]2CCS(=O)(=O)C2)o1. The summed E-state index contributed by atoms with van der Waals surface area (Å²) in [5.74, 6) is 1.12. The highest BCUT2D eigenvalue weighted by atomic mass is 32.2. The number of rotatable bonds is 4. The summed E-state index contributed by atoms with van der Waals surface area (Å²) in [6, 6.07) is 2.69. The van der Waals surface area contributed by atoms with Crippen molar-refractivity contribution in [3.05, 3.63) is 23.7 Å². The van der Waals surface area contributed by atoms with Gasteiger partial charge in [0.25, 0.3) is 0 Å². The number of furan rings is 1. The van der Waals surface area contributed by atoms with Crippen LogP contribution >= 0.6 is 0 Å². The molecule has 0 aliphatic carbocycles. The maximum absolute atomic E-state index is 12.4. The van der Waals surface area contributed by atoms with Gasteiger partial charge in [0.2, 0.25) is 11.8 Å². The Bertz CT molecular complexity index is 724. The first kappa shape index (κ1) is 16.0. The zero-order valence-electron chi connectivity index (χ0n) is 12.9. The molecule has 126 valence electrons. The van der Waals surface area contributed by atoms with E-state index in [4.69, 9.17) is 4.42 Å². The molecule has 2 amide bonds. The Balaban J connectivity index is 1.65. The first-order valence-electron chi connectivity index (χ1n) is 7.70.